The van der Waals surface area contributed by atoms with Gasteiger partial charge in [0.15, 0.2) is 0 Å². The van der Waals surface area contributed by atoms with E-state index in [-0.39, 0.29) is 29.4 Å². The molecular formula is C20H28BrN3O3. The zero-order chi connectivity index (χ0) is 19.5. The lowest BCUT2D eigenvalue weighted by atomic mass is 9.46. The van der Waals surface area contributed by atoms with Crippen LogP contribution in [0.5, 0.6) is 0 Å². The highest BCUT2D eigenvalue weighted by molar-refractivity contribution is 9.10. The molecule has 7 heteroatoms. The fraction of sp³-hybridized carbons (Fsp3) is 0.750. The van der Waals surface area contributed by atoms with Crippen LogP contribution in [-0.2, 0) is 4.79 Å². The summed E-state index contributed by atoms with van der Waals surface area (Å²) in [6.45, 7) is 7.02. The fourth-order valence-electron chi connectivity index (χ4n) is 5.60. The second-order valence-electron chi connectivity index (χ2n) is 9.34. The van der Waals surface area contributed by atoms with Crippen LogP contribution in [0, 0.1) is 29.1 Å². The Kier molecular flexibility index (Phi) is 4.64. The maximum atomic E-state index is 12.8. The van der Waals surface area contributed by atoms with E-state index in [2.05, 4.69) is 47.1 Å². The van der Waals surface area contributed by atoms with E-state index in [9.17, 15) is 9.59 Å². The molecule has 0 saturated heterocycles. The number of fused-ring (bicyclic) bond motifs is 2. The van der Waals surface area contributed by atoms with Gasteiger partial charge in [0.1, 0.15) is 4.47 Å². The summed E-state index contributed by atoms with van der Waals surface area (Å²) < 4.78 is 1.97. The lowest BCUT2D eigenvalue weighted by Gasteiger charge is -2.61. The second-order valence-corrected chi connectivity index (χ2v) is 10.1. The third-order valence-corrected chi connectivity index (χ3v) is 8.50. The zero-order valence-corrected chi connectivity index (χ0v) is 17.7. The molecule has 4 aliphatic rings. The number of hydrogen-bond donors (Lipinski definition) is 2. The number of nitrogens with zero attached hydrogens (tertiary/aromatic N) is 2. The van der Waals surface area contributed by atoms with Crippen molar-refractivity contribution in [1.29, 1.82) is 0 Å². The van der Waals surface area contributed by atoms with Crippen molar-refractivity contribution in [3.8, 4) is 0 Å². The Morgan fingerprint density at radius 1 is 1.41 bits per heavy atom. The number of carboxylic acid groups (broad SMARTS) is 1. The number of rotatable bonds is 5. The van der Waals surface area contributed by atoms with Gasteiger partial charge in [-0.25, -0.2) is 4.68 Å². The molecule has 2 bridgehead atoms. The molecule has 0 amide bonds. The molecule has 4 saturated carbocycles. The normalized spacial score (nSPS) is 36.4. The first-order chi connectivity index (χ1) is 12.7. The van der Waals surface area contributed by atoms with E-state index < -0.39 is 5.97 Å². The predicted octanol–water partition coefficient (Wildman–Crippen LogP) is 3.91. The minimum atomic E-state index is -0.817. The molecule has 2 unspecified atom stereocenters. The molecule has 0 aliphatic heterocycles. The smallest absolute Gasteiger partial charge is 0.303 e. The average molecular weight is 438 g/mol. The molecule has 6 nitrogen and oxygen atoms in total. The maximum Gasteiger partial charge on any atom is 0.303 e. The summed E-state index contributed by atoms with van der Waals surface area (Å²) in [4.78, 5) is 23.8. The van der Waals surface area contributed by atoms with Crippen LogP contribution >= 0.6 is 15.9 Å². The van der Waals surface area contributed by atoms with Crippen molar-refractivity contribution < 1.29 is 9.90 Å². The average Bonchev–Trinajstić information content (AvgIpc) is 2.58. The van der Waals surface area contributed by atoms with Crippen LogP contribution in [0.4, 0.5) is 5.69 Å². The standard InChI is InChI=1S/C20H28BrN3O3/c1-10-12-6-13(10)20(2,3)16(7-12)23-14-9-22-24(19(27)18(14)21)15-5-4-11(15)8-17(25)26/h9-13,15-16,23H,4-8H2,1-3H3,(H,25,26)/t10?,11?,12-,13+,15+,16+/m0/s1. The Morgan fingerprint density at radius 3 is 2.70 bits per heavy atom. The summed E-state index contributed by atoms with van der Waals surface area (Å²) >= 11 is 3.47. The Hall–Kier alpha value is -1.37. The van der Waals surface area contributed by atoms with Gasteiger partial charge in [-0.15, -0.1) is 0 Å². The highest BCUT2D eigenvalue weighted by Crippen LogP contribution is 2.59. The van der Waals surface area contributed by atoms with Crippen LogP contribution in [-0.4, -0.2) is 26.9 Å². The van der Waals surface area contributed by atoms with E-state index >= 15 is 0 Å². The largest absolute Gasteiger partial charge is 0.481 e. The third kappa shape index (κ3) is 3.02. The monoisotopic (exact) mass is 437 g/mol. The van der Waals surface area contributed by atoms with Gasteiger partial charge in [-0.2, -0.15) is 5.10 Å². The van der Waals surface area contributed by atoms with Gasteiger partial charge >= 0.3 is 5.97 Å². The van der Waals surface area contributed by atoms with Crippen LogP contribution < -0.4 is 10.9 Å². The Morgan fingerprint density at radius 2 is 2.15 bits per heavy atom. The minimum Gasteiger partial charge on any atom is -0.481 e. The van der Waals surface area contributed by atoms with Crippen molar-refractivity contribution in [2.45, 2.75) is 65.0 Å². The first kappa shape index (κ1) is 19.0. The van der Waals surface area contributed by atoms with E-state index in [4.69, 9.17) is 5.11 Å². The van der Waals surface area contributed by atoms with Crippen molar-refractivity contribution in [2.75, 3.05) is 5.32 Å². The topological polar surface area (TPSA) is 84.2 Å². The third-order valence-electron chi connectivity index (χ3n) is 7.73. The summed E-state index contributed by atoms with van der Waals surface area (Å²) in [6.07, 6.45) is 5.90. The summed E-state index contributed by atoms with van der Waals surface area (Å²) in [5.74, 6) is 1.47. The van der Waals surface area contributed by atoms with Gasteiger partial charge in [0, 0.05) is 6.04 Å². The van der Waals surface area contributed by atoms with Gasteiger partial charge in [-0.1, -0.05) is 20.8 Å². The maximum absolute atomic E-state index is 12.8. The molecule has 1 heterocycles. The van der Waals surface area contributed by atoms with Gasteiger partial charge in [0.2, 0.25) is 0 Å². The van der Waals surface area contributed by atoms with Crippen LogP contribution in [0.2, 0.25) is 0 Å². The molecule has 4 aliphatic carbocycles. The van der Waals surface area contributed by atoms with Crippen LogP contribution in [0.25, 0.3) is 0 Å². The van der Waals surface area contributed by atoms with Gasteiger partial charge in [0.25, 0.3) is 5.56 Å². The second kappa shape index (κ2) is 6.61. The molecule has 4 fully saturated rings. The van der Waals surface area contributed by atoms with Crippen LogP contribution in [0.15, 0.2) is 15.5 Å². The van der Waals surface area contributed by atoms with E-state index in [0.29, 0.717) is 10.5 Å². The van der Waals surface area contributed by atoms with Crippen molar-refractivity contribution in [2.24, 2.45) is 29.1 Å². The number of halogens is 1. The SMILES string of the molecule is CC1[C@H]2C[C@H]1C(C)(C)[C@H](Nc1cnn([C@@H]3CCC3CC(=O)O)c(=O)c1Br)C2. The van der Waals surface area contributed by atoms with Crippen LogP contribution in [0.3, 0.4) is 0 Å². The summed E-state index contributed by atoms with van der Waals surface area (Å²) in [6, 6.07) is 0.216. The fourth-order valence-corrected chi connectivity index (χ4v) is 5.99. The lowest BCUT2D eigenvalue weighted by molar-refractivity contribution is -0.139. The molecule has 0 spiro atoms. The molecule has 148 valence electrons. The first-order valence-corrected chi connectivity index (χ1v) is 10.7. The van der Waals surface area contributed by atoms with Gasteiger partial charge < -0.3 is 10.4 Å². The molecule has 5 rings (SSSR count). The Balaban J connectivity index is 1.53. The number of hydrogen-bond acceptors (Lipinski definition) is 4. The number of nitrogens with one attached hydrogen (secondary N) is 1. The number of anilines is 1. The zero-order valence-electron chi connectivity index (χ0n) is 16.1. The highest BCUT2D eigenvalue weighted by atomic mass is 79.9. The summed E-state index contributed by atoms with van der Waals surface area (Å²) in [7, 11) is 0. The molecular weight excluding hydrogens is 410 g/mol. The van der Waals surface area contributed by atoms with Crippen LogP contribution in [0.1, 0.15) is 58.9 Å². The quantitative estimate of drug-likeness (QED) is 0.728. The lowest BCUT2D eigenvalue weighted by Crippen LogP contribution is -2.58. The molecule has 6 atom stereocenters. The molecule has 1 aromatic rings. The van der Waals surface area contributed by atoms with Crippen molar-refractivity contribution >= 4 is 27.6 Å². The van der Waals surface area contributed by atoms with E-state index in [1.54, 1.807) is 6.20 Å². The first-order valence-electron chi connectivity index (χ1n) is 9.95. The summed E-state index contributed by atoms with van der Waals surface area (Å²) in [5.41, 5.74) is 0.757. The van der Waals surface area contributed by atoms with Gasteiger partial charge in [-0.3, -0.25) is 9.59 Å². The molecule has 2 N–H and O–H groups in total. The number of aromatic nitrogens is 2. The van der Waals surface area contributed by atoms with Crippen molar-refractivity contribution in [3.05, 3.63) is 21.0 Å². The molecule has 1 aromatic heterocycles. The molecule has 27 heavy (non-hydrogen) atoms. The van der Waals surface area contributed by atoms with Gasteiger partial charge in [-0.05, 0) is 70.7 Å². The number of carboxylic acids is 1. The number of carbonyl (C=O) groups is 1. The molecule has 0 aromatic carbocycles. The van der Waals surface area contributed by atoms with Gasteiger partial charge in [0.05, 0.1) is 24.3 Å². The highest BCUT2D eigenvalue weighted by Gasteiger charge is 2.55. The number of aliphatic carboxylic acids is 1. The van der Waals surface area contributed by atoms with Crippen molar-refractivity contribution in [3.63, 3.8) is 0 Å². The van der Waals surface area contributed by atoms with Crippen molar-refractivity contribution in [1.82, 2.24) is 9.78 Å². The van der Waals surface area contributed by atoms with E-state index in [1.807, 2.05) is 0 Å². The minimum absolute atomic E-state index is 0.00992. The Labute approximate surface area is 167 Å². The summed E-state index contributed by atoms with van der Waals surface area (Å²) in [5, 5.41) is 17.0. The van der Waals surface area contributed by atoms with E-state index in [1.165, 1.54) is 11.1 Å². The molecule has 0 radical (unpaired) electrons. The predicted molar refractivity (Wildman–Crippen MR) is 107 cm³/mol. The van der Waals surface area contributed by atoms with E-state index in [0.717, 1.165) is 42.7 Å². The Bertz CT molecular complexity index is 821.